The van der Waals surface area contributed by atoms with Crippen molar-refractivity contribution in [3.8, 4) is 0 Å². The summed E-state index contributed by atoms with van der Waals surface area (Å²) in [5.41, 5.74) is 0. The van der Waals surface area contributed by atoms with Crippen molar-refractivity contribution in [1.82, 2.24) is 0 Å². The van der Waals surface area contributed by atoms with Crippen LogP contribution in [-0.2, 0) is 0 Å². The maximum Gasteiger partial charge on any atom is 0.331 e. The van der Waals surface area contributed by atoms with Crippen LogP contribution in [0.5, 0.6) is 0 Å². The van der Waals surface area contributed by atoms with Crippen LogP contribution >= 0.6 is 0 Å². The third-order valence-corrected chi connectivity index (χ3v) is 0.914. The van der Waals surface area contributed by atoms with E-state index in [4.69, 9.17) is 0 Å². The molecule has 10 heavy (non-hydrogen) atoms. The first-order valence-corrected chi connectivity index (χ1v) is 2.41. The van der Waals surface area contributed by atoms with E-state index < -0.39 is 24.3 Å². The van der Waals surface area contributed by atoms with Gasteiger partial charge in [0.2, 0.25) is 5.83 Å². The molecule has 0 rings (SSSR count). The fourth-order valence-electron chi connectivity index (χ4n) is 0.263. The zero-order chi connectivity index (χ0) is 8.36. The standard InChI is InChI=1S/C5H5F5/c1-3(7)5(9,10)4(8)2-6/h2-3H,1H3. The van der Waals surface area contributed by atoms with Gasteiger partial charge in [-0.25, -0.2) is 13.2 Å². The first-order chi connectivity index (χ1) is 4.42. The SMILES string of the molecule is CC(F)C(F)(F)C(F)=CF. The van der Waals surface area contributed by atoms with Gasteiger partial charge in [-0.2, -0.15) is 8.78 Å². The summed E-state index contributed by atoms with van der Waals surface area (Å²) in [6.07, 6.45) is -3.67. The van der Waals surface area contributed by atoms with Crippen LogP contribution in [0.2, 0.25) is 0 Å². The first kappa shape index (κ1) is 9.39. The zero-order valence-electron chi connectivity index (χ0n) is 5.04. The second kappa shape index (κ2) is 2.98. The molecule has 0 heterocycles. The summed E-state index contributed by atoms with van der Waals surface area (Å²) in [6.45, 7) is 0.448. The lowest BCUT2D eigenvalue weighted by Gasteiger charge is -2.13. The molecule has 60 valence electrons. The molecule has 0 aliphatic rings. The Labute approximate surface area is 54.3 Å². The second-order valence-corrected chi connectivity index (χ2v) is 1.70. The molecular formula is C5H5F5. The fraction of sp³-hybridized carbons (Fsp3) is 0.600. The zero-order valence-corrected chi connectivity index (χ0v) is 5.04. The molecule has 0 spiro atoms. The minimum atomic E-state index is -4.34. The molecule has 0 aliphatic carbocycles. The number of hydrogen-bond acceptors (Lipinski definition) is 0. The van der Waals surface area contributed by atoms with Crippen LogP contribution in [0.15, 0.2) is 12.2 Å². The van der Waals surface area contributed by atoms with E-state index in [1.54, 1.807) is 0 Å². The highest BCUT2D eigenvalue weighted by Crippen LogP contribution is 2.30. The summed E-state index contributed by atoms with van der Waals surface area (Å²) in [4.78, 5) is 0. The summed E-state index contributed by atoms with van der Waals surface area (Å²) < 4.78 is 58.2. The van der Waals surface area contributed by atoms with E-state index >= 15 is 0 Å². The van der Waals surface area contributed by atoms with Crippen molar-refractivity contribution in [1.29, 1.82) is 0 Å². The Morgan fingerprint density at radius 3 is 2.00 bits per heavy atom. The summed E-state index contributed by atoms with van der Waals surface area (Å²) in [7, 11) is 0. The van der Waals surface area contributed by atoms with Crippen molar-refractivity contribution in [3.05, 3.63) is 12.2 Å². The van der Waals surface area contributed by atoms with Crippen molar-refractivity contribution in [2.45, 2.75) is 19.0 Å². The fourth-order valence-corrected chi connectivity index (χ4v) is 0.263. The lowest BCUT2D eigenvalue weighted by Crippen LogP contribution is -2.27. The van der Waals surface area contributed by atoms with Crippen LogP contribution in [0.4, 0.5) is 22.0 Å². The Morgan fingerprint density at radius 2 is 1.90 bits per heavy atom. The summed E-state index contributed by atoms with van der Waals surface area (Å²) in [5, 5.41) is 0. The second-order valence-electron chi connectivity index (χ2n) is 1.70. The lowest BCUT2D eigenvalue weighted by molar-refractivity contribution is -0.0488. The van der Waals surface area contributed by atoms with Crippen LogP contribution in [0.3, 0.4) is 0 Å². The molecule has 0 aromatic heterocycles. The summed E-state index contributed by atoms with van der Waals surface area (Å²) in [6, 6.07) is 0. The summed E-state index contributed by atoms with van der Waals surface area (Å²) in [5.74, 6) is -6.73. The molecule has 0 aliphatic heterocycles. The molecule has 0 bridgehead atoms. The Hall–Kier alpha value is -0.610. The highest BCUT2D eigenvalue weighted by Gasteiger charge is 2.42. The molecule has 0 saturated heterocycles. The third-order valence-electron chi connectivity index (χ3n) is 0.914. The smallest absolute Gasteiger partial charge is 0.241 e. The van der Waals surface area contributed by atoms with Crippen LogP contribution in [-0.4, -0.2) is 12.1 Å². The van der Waals surface area contributed by atoms with Crippen LogP contribution in [0.25, 0.3) is 0 Å². The van der Waals surface area contributed by atoms with Gasteiger partial charge in [0.1, 0.15) is 6.33 Å². The van der Waals surface area contributed by atoms with Crippen molar-refractivity contribution in [2.75, 3.05) is 0 Å². The Morgan fingerprint density at radius 1 is 1.50 bits per heavy atom. The molecule has 0 aromatic rings. The topological polar surface area (TPSA) is 0 Å². The molecule has 0 amide bonds. The van der Waals surface area contributed by atoms with Gasteiger partial charge < -0.3 is 0 Å². The van der Waals surface area contributed by atoms with Gasteiger partial charge >= 0.3 is 5.92 Å². The predicted molar refractivity (Wildman–Crippen MR) is 25.8 cm³/mol. The average Bonchev–Trinajstić information content (AvgIpc) is 1.86. The van der Waals surface area contributed by atoms with Crippen molar-refractivity contribution in [2.24, 2.45) is 0 Å². The van der Waals surface area contributed by atoms with Crippen molar-refractivity contribution < 1.29 is 22.0 Å². The van der Waals surface area contributed by atoms with E-state index in [0.29, 0.717) is 6.92 Å². The van der Waals surface area contributed by atoms with E-state index in [0.717, 1.165) is 0 Å². The van der Waals surface area contributed by atoms with Crippen LogP contribution in [0.1, 0.15) is 6.92 Å². The molecule has 0 fully saturated rings. The first-order valence-electron chi connectivity index (χ1n) is 2.41. The Bertz CT molecular complexity index is 137. The van der Waals surface area contributed by atoms with Gasteiger partial charge in [-0.1, -0.05) is 0 Å². The maximum absolute atomic E-state index is 11.9. The van der Waals surface area contributed by atoms with Gasteiger partial charge in [-0.3, -0.25) is 0 Å². The minimum absolute atomic E-state index is 0.448. The Kier molecular flexibility index (Phi) is 2.80. The van der Waals surface area contributed by atoms with Gasteiger partial charge in [-0.15, -0.1) is 0 Å². The number of rotatable bonds is 2. The van der Waals surface area contributed by atoms with Gasteiger partial charge in [0.25, 0.3) is 0 Å². The quantitative estimate of drug-likeness (QED) is 0.545. The number of allylic oxidation sites excluding steroid dienone is 1. The summed E-state index contributed by atoms with van der Waals surface area (Å²) >= 11 is 0. The monoisotopic (exact) mass is 160 g/mol. The third kappa shape index (κ3) is 1.68. The largest absolute Gasteiger partial charge is 0.331 e. The van der Waals surface area contributed by atoms with Crippen LogP contribution < -0.4 is 0 Å². The molecule has 1 atom stereocenters. The molecule has 1 unspecified atom stereocenters. The van der Waals surface area contributed by atoms with E-state index in [2.05, 4.69) is 0 Å². The highest BCUT2D eigenvalue weighted by atomic mass is 19.3. The predicted octanol–water partition coefficient (Wildman–Crippen LogP) is 2.76. The molecule has 5 heteroatoms. The minimum Gasteiger partial charge on any atom is -0.241 e. The van der Waals surface area contributed by atoms with Crippen molar-refractivity contribution >= 4 is 0 Å². The number of alkyl halides is 3. The number of halogens is 5. The van der Waals surface area contributed by atoms with E-state index in [-0.39, 0.29) is 0 Å². The normalized spacial score (nSPS) is 17.2. The number of hydrogen-bond donors (Lipinski definition) is 0. The lowest BCUT2D eigenvalue weighted by atomic mass is 10.2. The van der Waals surface area contributed by atoms with Crippen LogP contribution in [0, 0.1) is 0 Å². The molecule has 0 N–H and O–H groups in total. The van der Waals surface area contributed by atoms with Gasteiger partial charge in [0.05, 0.1) is 0 Å². The van der Waals surface area contributed by atoms with E-state index in [1.807, 2.05) is 0 Å². The van der Waals surface area contributed by atoms with E-state index in [9.17, 15) is 22.0 Å². The molecule has 0 radical (unpaired) electrons. The Balaban J connectivity index is 4.40. The van der Waals surface area contributed by atoms with Gasteiger partial charge in [-0.05, 0) is 6.92 Å². The van der Waals surface area contributed by atoms with Gasteiger partial charge in [0.15, 0.2) is 6.17 Å². The molecule has 0 aromatic carbocycles. The molecule has 0 saturated carbocycles. The molecule has 0 nitrogen and oxygen atoms in total. The maximum atomic E-state index is 11.9. The van der Waals surface area contributed by atoms with Gasteiger partial charge in [0, 0.05) is 0 Å². The molecular weight excluding hydrogens is 155 g/mol. The van der Waals surface area contributed by atoms with Crippen molar-refractivity contribution in [3.63, 3.8) is 0 Å². The highest BCUT2D eigenvalue weighted by molar-refractivity contribution is 5.03. The average molecular weight is 160 g/mol. The van der Waals surface area contributed by atoms with E-state index in [1.165, 1.54) is 0 Å².